The second-order valence-corrected chi connectivity index (χ2v) is 5.64. The summed E-state index contributed by atoms with van der Waals surface area (Å²) >= 11 is 0. The molecule has 7 heteroatoms. The Morgan fingerprint density at radius 3 is 2.24 bits per heavy atom. The third-order valence-corrected chi connectivity index (χ3v) is 3.85. The lowest BCUT2D eigenvalue weighted by atomic mass is 10.2. The Hall–Kier alpha value is -2.41. The van der Waals surface area contributed by atoms with Crippen molar-refractivity contribution in [2.24, 2.45) is 0 Å². The Labute approximate surface area is 121 Å². The molecule has 0 radical (unpaired) electrons. The van der Waals surface area contributed by atoms with E-state index in [2.05, 4.69) is 0 Å². The fraction of sp³-hybridized carbons (Fsp3) is 0.0714. The number of anilines is 2. The van der Waals surface area contributed by atoms with Crippen LogP contribution in [0.1, 0.15) is 5.56 Å². The molecule has 0 spiro atoms. The quantitative estimate of drug-likeness (QED) is 0.814. The standard InChI is InChI=1S/C14H12FNO4S/c1-10-7-8-12(9-13(10)21(15,19)20)16(14(17)18)11-5-3-2-4-6-11/h2-9H,1H3,(H,17,18)/p-1. The number of carboxylic acid groups (broad SMARTS) is 1. The van der Waals surface area contributed by atoms with E-state index >= 15 is 0 Å². The van der Waals surface area contributed by atoms with Crippen LogP contribution in [0.15, 0.2) is 53.4 Å². The molecule has 0 heterocycles. The summed E-state index contributed by atoms with van der Waals surface area (Å²) in [4.78, 5) is 11.5. The summed E-state index contributed by atoms with van der Waals surface area (Å²) in [7, 11) is -4.94. The number of carbonyl (C=O) groups is 1. The van der Waals surface area contributed by atoms with E-state index < -0.39 is 21.2 Å². The molecule has 21 heavy (non-hydrogen) atoms. The molecule has 2 aromatic rings. The number of benzene rings is 2. The number of nitrogens with zero attached hydrogens (tertiary/aromatic N) is 1. The van der Waals surface area contributed by atoms with Crippen LogP contribution in [0, 0.1) is 6.92 Å². The van der Waals surface area contributed by atoms with Crippen molar-refractivity contribution in [3.05, 3.63) is 54.1 Å². The average Bonchev–Trinajstić information content (AvgIpc) is 2.40. The smallest absolute Gasteiger partial charge is 0.332 e. The zero-order valence-electron chi connectivity index (χ0n) is 11.0. The van der Waals surface area contributed by atoms with Crippen molar-refractivity contribution in [3.63, 3.8) is 0 Å². The maximum absolute atomic E-state index is 13.2. The van der Waals surface area contributed by atoms with Gasteiger partial charge in [-0.05, 0) is 36.8 Å². The van der Waals surface area contributed by atoms with Crippen LogP contribution in [0.3, 0.4) is 0 Å². The van der Waals surface area contributed by atoms with Crippen molar-refractivity contribution in [3.8, 4) is 0 Å². The average molecular weight is 308 g/mol. The lowest BCUT2D eigenvalue weighted by molar-refractivity contribution is -0.245. The summed E-state index contributed by atoms with van der Waals surface area (Å²) in [5.41, 5.74) is 0.444. The summed E-state index contributed by atoms with van der Waals surface area (Å²) in [6, 6.07) is 11.6. The predicted octanol–water partition coefficient (Wildman–Crippen LogP) is 2.13. The van der Waals surface area contributed by atoms with Gasteiger partial charge in [-0.15, -0.1) is 3.89 Å². The number of rotatable bonds is 3. The van der Waals surface area contributed by atoms with Crippen LogP contribution in [-0.4, -0.2) is 14.5 Å². The molecule has 1 amide bonds. The second kappa shape index (κ2) is 5.53. The van der Waals surface area contributed by atoms with Gasteiger partial charge in [0, 0.05) is 11.4 Å². The number of hydrogen-bond donors (Lipinski definition) is 0. The highest BCUT2D eigenvalue weighted by Crippen LogP contribution is 2.29. The van der Waals surface area contributed by atoms with Crippen LogP contribution in [0.2, 0.25) is 0 Å². The van der Waals surface area contributed by atoms with E-state index in [0.29, 0.717) is 0 Å². The number of hydrogen-bond acceptors (Lipinski definition) is 4. The normalized spacial score (nSPS) is 11.1. The Morgan fingerprint density at radius 2 is 1.71 bits per heavy atom. The van der Waals surface area contributed by atoms with E-state index in [4.69, 9.17) is 0 Å². The first-order valence-corrected chi connectivity index (χ1v) is 7.30. The van der Waals surface area contributed by atoms with Crippen LogP contribution >= 0.6 is 0 Å². The van der Waals surface area contributed by atoms with Gasteiger partial charge in [0.2, 0.25) is 0 Å². The van der Waals surface area contributed by atoms with E-state index in [0.717, 1.165) is 11.0 Å². The minimum atomic E-state index is -4.94. The van der Waals surface area contributed by atoms with E-state index in [1.165, 1.54) is 31.2 Å². The Kier molecular flexibility index (Phi) is 3.95. The number of halogens is 1. The fourth-order valence-corrected chi connectivity index (χ4v) is 2.64. The Balaban J connectivity index is 2.61. The van der Waals surface area contributed by atoms with Crippen molar-refractivity contribution in [2.45, 2.75) is 11.8 Å². The molecule has 110 valence electrons. The van der Waals surface area contributed by atoms with Crippen LogP contribution < -0.4 is 10.0 Å². The Morgan fingerprint density at radius 1 is 1.10 bits per heavy atom. The summed E-state index contributed by atoms with van der Waals surface area (Å²) in [6.07, 6.45) is -1.55. The van der Waals surface area contributed by atoms with E-state index in [9.17, 15) is 22.2 Å². The van der Waals surface area contributed by atoms with E-state index in [1.807, 2.05) is 0 Å². The van der Waals surface area contributed by atoms with Gasteiger partial charge < -0.3 is 9.90 Å². The molecule has 0 fully saturated rings. The van der Waals surface area contributed by atoms with Gasteiger partial charge in [0.25, 0.3) is 0 Å². The van der Waals surface area contributed by atoms with Gasteiger partial charge in [0.15, 0.2) is 0 Å². The van der Waals surface area contributed by atoms with Crippen LogP contribution in [-0.2, 0) is 10.2 Å². The molecule has 0 bridgehead atoms. The maximum atomic E-state index is 13.2. The van der Waals surface area contributed by atoms with Gasteiger partial charge in [-0.25, -0.2) is 0 Å². The molecule has 2 rings (SSSR count). The molecular formula is C14H11FNO4S-. The first kappa shape index (κ1) is 15.0. The number of para-hydroxylation sites is 1. The second-order valence-electron chi connectivity index (χ2n) is 4.32. The fourth-order valence-electron chi connectivity index (χ4n) is 1.93. The molecule has 5 nitrogen and oxygen atoms in total. The van der Waals surface area contributed by atoms with Gasteiger partial charge in [0.1, 0.15) is 11.0 Å². The SMILES string of the molecule is Cc1ccc(N(C(=O)[O-])c2ccccc2)cc1S(=O)(=O)F. The highest BCUT2D eigenvalue weighted by molar-refractivity contribution is 7.86. The van der Waals surface area contributed by atoms with Gasteiger partial charge >= 0.3 is 10.2 Å². The molecule has 0 aliphatic carbocycles. The van der Waals surface area contributed by atoms with Gasteiger partial charge in [-0.3, -0.25) is 4.90 Å². The third kappa shape index (κ3) is 3.19. The molecule has 0 aliphatic heterocycles. The first-order valence-electron chi connectivity index (χ1n) is 5.92. The van der Waals surface area contributed by atoms with Crippen molar-refractivity contribution in [1.82, 2.24) is 0 Å². The van der Waals surface area contributed by atoms with Crippen LogP contribution in [0.5, 0.6) is 0 Å². The van der Waals surface area contributed by atoms with Crippen molar-refractivity contribution in [2.75, 3.05) is 4.90 Å². The molecule has 0 atom stereocenters. The van der Waals surface area contributed by atoms with Gasteiger partial charge in [-0.1, -0.05) is 24.3 Å². The van der Waals surface area contributed by atoms with Crippen LogP contribution in [0.4, 0.5) is 20.1 Å². The molecule has 0 saturated heterocycles. The van der Waals surface area contributed by atoms with Crippen molar-refractivity contribution in [1.29, 1.82) is 0 Å². The molecule has 0 unspecified atom stereocenters. The highest BCUT2D eigenvalue weighted by Gasteiger charge is 2.19. The van der Waals surface area contributed by atoms with Gasteiger partial charge in [-0.2, -0.15) is 8.42 Å². The zero-order chi connectivity index (χ0) is 15.6. The lowest BCUT2D eigenvalue weighted by Crippen LogP contribution is -2.38. The summed E-state index contributed by atoms with van der Waals surface area (Å²) < 4.78 is 35.4. The van der Waals surface area contributed by atoms with Crippen molar-refractivity contribution >= 4 is 27.7 Å². The monoisotopic (exact) mass is 308 g/mol. The zero-order valence-corrected chi connectivity index (χ0v) is 11.8. The number of aryl methyl sites for hydroxylation is 1. The summed E-state index contributed by atoms with van der Waals surface area (Å²) in [5, 5.41) is 11.3. The molecule has 2 aromatic carbocycles. The van der Waals surface area contributed by atoms with E-state index in [1.54, 1.807) is 18.2 Å². The van der Waals surface area contributed by atoms with Crippen LogP contribution in [0.25, 0.3) is 0 Å². The molecule has 0 saturated carbocycles. The van der Waals surface area contributed by atoms with Gasteiger partial charge in [0.05, 0.1) is 0 Å². The third-order valence-electron chi connectivity index (χ3n) is 2.89. The number of amides is 1. The topological polar surface area (TPSA) is 77.5 Å². The molecular weight excluding hydrogens is 297 g/mol. The van der Waals surface area contributed by atoms with Crippen molar-refractivity contribution < 1.29 is 22.2 Å². The predicted molar refractivity (Wildman–Crippen MR) is 73.4 cm³/mol. The minimum absolute atomic E-state index is 0.0111. The lowest BCUT2D eigenvalue weighted by Gasteiger charge is -2.25. The molecule has 0 N–H and O–H groups in total. The molecule has 0 aromatic heterocycles. The first-order chi connectivity index (χ1) is 9.80. The maximum Gasteiger partial charge on any atom is 0.332 e. The summed E-state index contributed by atoms with van der Waals surface area (Å²) in [5.74, 6) is 0. The molecule has 0 aliphatic rings. The minimum Gasteiger partial charge on any atom is -0.529 e. The largest absolute Gasteiger partial charge is 0.529 e. The highest BCUT2D eigenvalue weighted by atomic mass is 32.3. The summed E-state index contributed by atoms with van der Waals surface area (Å²) in [6.45, 7) is 1.42. The number of carbonyl (C=O) groups excluding carboxylic acids is 1. The Bertz CT molecular complexity index is 775. The van der Waals surface area contributed by atoms with E-state index in [-0.39, 0.29) is 16.9 Å².